The molecule has 0 N–H and O–H groups in total. The third kappa shape index (κ3) is 3.97. The van der Waals surface area contributed by atoms with Crippen LogP contribution in [0.5, 0.6) is 0 Å². The summed E-state index contributed by atoms with van der Waals surface area (Å²) in [6.45, 7) is 0. The maximum absolute atomic E-state index is 13.8. The summed E-state index contributed by atoms with van der Waals surface area (Å²) in [5.41, 5.74) is 5.79. The lowest BCUT2D eigenvalue weighted by Crippen LogP contribution is -2.38. The van der Waals surface area contributed by atoms with Gasteiger partial charge in [-0.25, -0.2) is 9.79 Å². The van der Waals surface area contributed by atoms with Gasteiger partial charge in [0, 0.05) is 17.7 Å². The maximum atomic E-state index is 13.8. The van der Waals surface area contributed by atoms with Gasteiger partial charge >= 0.3 is 5.97 Å². The number of non-ortho nitro benzene ring substituents is 1. The highest BCUT2D eigenvalue weighted by Gasteiger charge is 2.32. The van der Waals surface area contributed by atoms with Crippen molar-refractivity contribution in [1.29, 1.82) is 0 Å². The Morgan fingerprint density at radius 2 is 1.89 bits per heavy atom. The number of esters is 1. The Labute approximate surface area is 220 Å². The number of nitro benzene ring substituents is 1. The van der Waals surface area contributed by atoms with Crippen LogP contribution in [0.25, 0.3) is 11.8 Å². The lowest BCUT2D eigenvalue weighted by atomic mass is 9.83. The molecule has 1 aromatic heterocycles. The van der Waals surface area contributed by atoms with Gasteiger partial charge in [-0.15, -0.1) is 0 Å². The van der Waals surface area contributed by atoms with E-state index in [0.29, 0.717) is 20.5 Å². The molecule has 1 atom stereocenters. The fourth-order valence-electron chi connectivity index (χ4n) is 5.12. The molecule has 6 rings (SSSR count). The number of fused-ring (bicyclic) bond motifs is 3. The van der Waals surface area contributed by atoms with Crippen LogP contribution in [0.15, 0.2) is 88.2 Å². The number of rotatable bonds is 4. The van der Waals surface area contributed by atoms with Crippen molar-refractivity contribution in [1.82, 2.24) is 4.57 Å². The number of aryl methyl sites for hydroxylation is 1. The molecule has 9 heteroatoms. The van der Waals surface area contributed by atoms with Crippen molar-refractivity contribution in [2.75, 3.05) is 7.11 Å². The third-order valence-corrected chi connectivity index (χ3v) is 7.88. The molecule has 0 amide bonds. The number of methoxy groups -OCH3 is 1. The molecule has 1 aliphatic heterocycles. The summed E-state index contributed by atoms with van der Waals surface area (Å²) in [6, 6.07) is 21.1. The molecule has 0 fully saturated rings. The van der Waals surface area contributed by atoms with Crippen molar-refractivity contribution in [2.45, 2.75) is 18.9 Å². The van der Waals surface area contributed by atoms with Crippen molar-refractivity contribution >= 4 is 34.8 Å². The second kappa shape index (κ2) is 9.35. The Morgan fingerprint density at radius 3 is 2.66 bits per heavy atom. The summed E-state index contributed by atoms with van der Waals surface area (Å²) in [6.07, 6.45) is 3.25. The number of aromatic nitrogens is 1. The summed E-state index contributed by atoms with van der Waals surface area (Å²) < 4.78 is 6.98. The van der Waals surface area contributed by atoms with Gasteiger partial charge in [0.1, 0.15) is 0 Å². The number of thiazole rings is 1. The van der Waals surface area contributed by atoms with Crippen LogP contribution >= 0.6 is 11.3 Å². The average molecular weight is 524 g/mol. The third-order valence-electron chi connectivity index (χ3n) is 6.90. The van der Waals surface area contributed by atoms with E-state index >= 15 is 0 Å². The molecule has 4 aromatic rings. The van der Waals surface area contributed by atoms with Crippen LogP contribution in [0.1, 0.15) is 45.1 Å². The van der Waals surface area contributed by atoms with Crippen LogP contribution in [0, 0.1) is 10.1 Å². The number of benzene rings is 3. The molecule has 0 spiro atoms. The normalized spacial score (nSPS) is 16.2. The number of allylic oxidation sites excluding steroid dienone is 1. The van der Waals surface area contributed by atoms with Crippen molar-refractivity contribution < 1.29 is 14.5 Å². The molecule has 3 aromatic carbocycles. The van der Waals surface area contributed by atoms with E-state index in [1.807, 2.05) is 24.3 Å². The quantitative estimate of drug-likeness (QED) is 0.228. The van der Waals surface area contributed by atoms with Gasteiger partial charge in [-0.1, -0.05) is 59.9 Å². The number of carbonyl (C=O) groups is 1. The van der Waals surface area contributed by atoms with E-state index in [-0.39, 0.29) is 11.2 Å². The molecule has 0 bridgehead atoms. The number of hydrogen-bond donors (Lipinski definition) is 0. The molecule has 1 unspecified atom stereocenters. The Balaban J connectivity index is 1.57. The molecule has 1 aliphatic carbocycles. The highest BCUT2D eigenvalue weighted by molar-refractivity contribution is 7.07. The largest absolute Gasteiger partial charge is 0.465 e. The first kappa shape index (κ1) is 23.7. The smallest absolute Gasteiger partial charge is 0.337 e. The summed E-state index contributed by atoms with van der Waals surface area (Å²) in [7, 11) is 1.34. The second-order valence-corrected chi connectivity index (χ2v) is 10.1. The van der Waals surface area contributed by atoms with E-state index in [4.69, 9.17) is 9.73 Å². The SMILES string of the molecule is COC(=O)c1ccc(C2C3=C(N=c4sc(=Cc5cccc([N+](=O)[O-])c5)c(=O)n42)c2ccccc2CC3)cc1. The number of ether oxygens (including phenoxy) is 1. The maximum Gasteiger partial charge on any atom is 0.337 e. The van der Waals surface area contributed by atoms with Crippen LogP contribution in [0.3, 0.4) is 0 Å². The fraction of sp³-hybridized carbons (Fsp3) is 0.138. The highest BCUT2D eigenvalue weighted by Crippen LogP contribution is 2.41. The van der Waals surface area contributed by atoms with Crippen molar-refractivity contribution in [3.05, 3.63) is 136 Å². The van der Waals surface area contributed by atoms with Gasteiger partial charge in [0.25, 0.3) is 11.2 Å². The van der Waals surface area contributed by atoms with Crippen molar-refractivity contribution in [3.63, 3.8) is 0 Å². The van der Waals surface area contributed by atoms with Gasteiger partial charge in [0.15, 0.2) is 4.80 Å². The minimum Gasteiger partial charge on any atom is -0.465 e. The van der Waals surface area contributed by atoms with Crippen LogP contribution in [-0.4, -0.2) is 22.6 Å². The zero-order chi connectivity index (χ0) is 26.4. The van der Waals surface area contributed by atoms with Crippen LogP contribution in [0.2, 0.25) is 0 Å². The number of nitro groups is 1. The zero-order valence-corrected chi connectivity index (χ0v) is 21.1. The van der Waals surface area contributed by atoms with Gasteiger partial charge in [-0.2, -0.15) is 0 Å². The fourth-order valence-corrected chi connectivity index (χ4v) is 6.12. The van der Waals surface area contributed by atoms with Gasteiger partial charge in [-0.05, 0) is 53.3 Å². The number of hydrogen-bond acceptors (Lipinski definition) is 7. The molecule has 0 radical (unpaired) electrons. The van der Waals surface area contributed by atoms with E-state index < -0.39 is 16.9 Å². The summed E-state index contributed by atoms with van der Waals surface area (Å²) in [5, 5.41) is 11.2. The molecular weight excluding hydrogens is 502 g/mol. The van der Waals surface area contributed by atoms with E-state index in [9.17, 15) is 19.7 Å². The molecule has 0 saturated carbocycles. The molecule has 8 nitrogen and oxygen atoms in total. The Hall–Kier alpha value is -4.63. The summed E-state index contributed by atoms with van der Waals surface area (Å²) in [4.78, 5) is 42.1. The van der Waals surface area contributed by atoms with Crippen molar-refractivity contribution in [3.8, 4) is 0 Å². The molecule has 188 valence electrons. The molecule has 0 saturated heterocycles. The van der Waals surface area contributed by atoms with Crippen LogP contribution in [-0.2, 0) is 11.2 Å². The number of carbonyl (C=O) groups excluding carboxylic acids is 1. The van der Waals surface area contributed by atoms with Gasteiger partial charge < -0.3 is 4.74 Å². The number of nitrogens with zero attached hydrogens (tertiary/aromatic N) is 3. The molecule has 2 aliphatic rings. The minimum atomic E-state index is -0.456. The van der Waals surface area contributed by atoms with E-state index in [1.54, 1.807) is 34.9 Å². The van der Waals surface area contributed by atoms with Gasteiger partial charge in [0.2, 0.25) is 0 Å². The monoisotopic (exact) mass is 523 g/mol. The van der Waals surface area contributed by atoms with Crippen LogP contribution < -0.4 is 14.9 Å². The Morgan fingerprint density at radius 1 is 1.11 bits per heavy atom. The standard InChI is InChI=1S/C29H21N3O5S/c1-37-28(34)20-11-9-19(10-12-20)26-23-14-13-18-6-2-3-8-22(18)25(23)30-29-31(26)27(33)24(38-29)16-17-5-4-7-21(15-17)32(35)36/h2-12,15-16,26H,13-14H2,1H3. The predicted octanol–water partition coefficient (Wildman–Crippen LogP) is 4.01. The average Bonchev–Trinajstić information content (AvgIpc) is 3.25. The van der Waals surface area contributed by atoms with Gasteiger partial charge in [0.05, 0.1) is 33.9 Å². The van der Waals surface area contributed by atoms with E-state index in [0.717, 1.165) is 35.2 Å². The van der Waals surface area contributed by atoms with Crippen LogP contribution in [0.4, 0.5) is 5.69 Å². The second-order valence-electron chi connectivity index (χ2n) is 9.08. The first-order valence-corrected chi connectivity index (χ1v) is 12.8. The molecule has 2 heterocycles. The summed E-state index contributed by atoms with van der Waals surface area (Å²) in [5.74, 6) is -0.427. The minimum absolute atomic E-state index is 0.0397. The highest BCUT2D eigenvalue weighted by atomic mass is 32.1. The van der Waals surface area contributed by atoms with E-state index in [1.165, 1.54) is 36.1 Å². The lowest BCUT2D eigenvalue weighted by Gasteiger charge is -2.30. The topological polar surface area (TPSA) is 104 Å². The first-order valence-electron chi connectivity index (χ1n) is 12.0. The molecular formula is C29H21N3O5S. The first-order chi connectivity index (χ1) is 18.4. The predicted molar refractivity (Wildman–Crippen MR) is 144 cm³/mol. The molecule has 38 heavy (non-hydrogen) atoms. The Kier molecular flexibility index (Phi) is 5.84. The van der Waals surface area contributed by atoms with Gasteiger partial charge in [-0.3, -0.25) is 19.5 Å². The van der Waals surface area contributed by atoms with E-state index in [2.05, 4.69) is 12.1 Å². The summed E-state index contributed by atoms with van der Waals surface area (Å²) >= 11 is 1.26. The van der Waals surface area contributed by atoms with Crippen molar-refractivity contribution in [2.24, 2.45) is 4.99 Å². The zero-order valence-electron chi connectivity index (χ0n) is 20.3. The lowest BCUT2D eigenvalue weighted by molar-refractivity contribution is -0.384. The Bertz CT molecular complexity index is 1830.